The van der Waals surface area contributed by atoms with Crippen LogP contribution < -0.4 is 28.4 Å². The highest BCUT2D eigenvalue weighted by molar-refractivity contribution is 5.60. The molecule has 6 nitrogen and oxygen atoms in total. The number of benzene rings is 6. The van der Waals surface area contributed by atoms with Crippen LogP contribution in [-0.4, -0.2) is 39.6 Å². The minimum Gasteiger partial charge on any atom is -0.490 e. The average molecular weight is 1680 g/mol. The van der Waals surface area contributed by atoms with E-state index in [0.29, 0.717) is 39.6 Å². The summed E-state index contributed by atoms with van der Waals surface area (Å²) < 4.78 is 40.2. The first-order valence-electron chi connectivity index (χ1n) is 51.5. The third kappa shape index (κ3) is 52.1. The zero-order valence-electron chi connectivity index (χ0n) is 79.7. The van der Waals surface area contributed by atoms with Gasteiger partial charge in [-0.15, -0.1) is 0 Å². The number of rotatable bonds is 72. The number of hydrogen-bond donors (Lipinski definition) is 0. The maximum Gasteiger partial charge on any atom is 0.203 e. The molecule has 0 aliphatic rings. The van der Waals surface area contributed by atoms with Crippen LogP contribution in [0.3, 0.4) is 0 Å². The van der Waals surface area contributed by atoms with Crippen molar-refractivity contribution in [1.82, 2.24) is 0 Å². The summed E-state index contributed by atoms with van der Waals surface area (Å²) in [5.74, 6) is 38.5. The molecule has 0 bridgehead atoms. The van der Waals surface area contributed by atoms with Crippen LogP contribution in [-0.2, 0) is 0 Å². The number of hydrogen-bond acceptors (Lipinski definition) is 6. The largest absolute Gasteiger partial charge is 0.490 e. The molecule has 0 heterocycles. The van der Waals surface area contributed by atoms with Gasteiger partial charge in [-0.25, -0.2) is 0 Å². The van der Waals surface area contributed by atoms with Gasteiger partial charge in [0, 0.05) is 55.6 Å². The van der Waals surface area contributed by atoms with Gasteiger partial charge in [0.05, 0.1) is 39.6 Å². The van der Waals surface area contributed by atoms with Crippen LogP contribution >= 0.6 is 0 Å². The molecule has 0 amide bonds. The molecule has 0 N–H and O–H groups in total. The van der Waals surface area contributed by atoms with Crippen molar-refractivity contribution >= 4 is 0 Å². The predicted octanol–water partition coefficient (Wildman–Crippen LogP) is 34.5. The molecule has 678 valence electrons. The molecular formula is C118H170O6. The molecule has 0 saturated carbocycles. The van der Waals surface area contributed by atoms with Crippen molar-refractivity contribution in [2.75, 3.05) is 39.6 Å². The van der Waals surface area contributed by atoms with E-state index in [-0.39, 0.29) is 0 Å². The first-order chi connectivity index (χ1) is 61.4. The fourth-order valence-electron chi connectivity index (χ4n) is 15.9. The van der Waals surface area contributed by atoms with E-state index in [1.54, 1.807) is 0 Å². The average Bonchev–Trinajstić information content (AvgIpc) is 0.825. The van der Waals surface area contributed by atoms with E-state index in [1.807, 2.05) is 48.5 Å². The highest BCUT2D eigenvalue weighted by Gasteiger charge is 2.19. The van der Waals surface area contributed by atoms with Crippen LogP contribution in [0, 0.1) is 59.2 Å². The summed E-state index contributed by atoms with van der Waals surface area (Å²) in [4.78, 5) is 0. The number of ether oxygens (including phenoxy) is 6. The smallest absolute Gasteiger partial charge is 0.203 e. The summed E-state index contributed by atoms with van der Waals surface area (Å²) in [6.07, 6.45) is 77.1. The molecule has 0 unspecified atom stereocenters. The van der Waals surface area contributed by atoms with Gasteiger partial charge >= 0.3 is 0 Å². The first-order valence-corrected chi connectivity index (χ1v) is 51.5. The lowest BCUT2D eigenvalue weighted by atomic mass is 10.1. The standard InChI is InChI=1S/C118H170O6/c1-7-13-19-25-31-37-43-49-55-61-93-119-113-99-111(100-114(120-94-62-56-50-44-38-32-26-20-14-8-2)117(113)123-97-65-59-53-47-41-35-29-23-17-11-5)91-89-109-85-81-107(82-86-109)79-77-105-73-69-103(70-74-105)67-68-104-71-75-106(76-72-104)78-80-108-83-87-110(88-84-108)90-92-112-101-115(121-95-63-57-51-45-39-33-27-21-15-9-3)118(124-98-66-60-54-48-42-36-30-24-18-12-6)116(102-112)122-96-64-58-52-46-40-34-28-22-16-10-4/h69-76,81-88,99-102H,7-66,93-98H2,1-6H3. The van der Waals surface area contributed by atoms with Crippen LogP contribution in [0.4, 0.5) is 0 Å². The van der Waals surface area contributed by atoms with Crippen molar-refractivity contribution in [3.8, 4) is 93.7 Å². The summed E-state index contributed by atoms with van der Waals surface area (Å²) in [6.45, 7) is 17.6. The lowest BCUT2D eigenvalue weighted by Crippen LogP contribution is -2.07. The Bertz CT molecular complexity index is 3600. The molecule has 0 spiro atoms. The molecular weight excluding hydrogens is 1510 g/mol. The summed E-state index contributed by atoms with van der Waals surface area (Å²) in [6, 6.07) is 41.1. The molecule has 0 fully saturated rings. The predicted molar refractivity (Wildman–Crippen MR) is 533 cm³/mol. The molecule has 0 aliphatic heterocycles. The molecule has 0 aromatic heterocycles. The van der Waals surface area contributed by atoms with Crippen LogP contribution in [0.5, 0.6) is 34.5 Å². The SMILES string of the molecule is CCCCCCCCCCCCOc1cc(C#Cc2ccc(C#Cc3ccc(C#Cc4ccc(C#Cc5ccc(C#Cc6cc(OCCCCCCCCCCCC)c(OCCCCCCCCCCCC)c(OCCCCCCCCCCCC)c6)cc5)cc4)cc3)cc2)cc(OCCCCCCCCCCCC)c1OCCCCCCCCCCCC. The van der Waals surface area contributed by atoms with Crippen molar-refractivity contribution in [2.24, 2.45) is 0 Å². The minimum atomic E-state index is 0.647. The Morgan fingerprint density at radius 2 is 0.250 bits per heavy atom. The van der Waals surface area contributed by atoms with Crippen LogP contribution in [0.1, 0.15) is 482 Å². The van der Waals surface area contributed by atoms with Gasteiger partial charge in [0.25, 0.3) is 0 Å². The third-order valence-electron chi connectivity index (χ3n) is 23.8. The van der Waals surface area contributed by atoms with Gasteiger partial charge < -0.3 is 28.4 Å². The molecule has 6 aromatic carbocycles. The Balaban J connectivity index is 1.07. The Hall–Kier alpha value is -8.08. The zero-order valence-corrected chi connectivity index (χ0v) is 79.7. The molecule has 0 saturated heterocycles. The third-order valence-corrected chi connectivity index (χ3v) is 23.8. The van der Waals surface area contributed by atoms with E-state index in [9.17, 15) is 0 Å². The normalized spacial score (nSPS) is 10.9. The van der Waals surface area contributed by atoms with E-state index >= 15 is 0 Å². The van der Waals surface area contributed by atoms with Crippen LogP contribution in [0.2, 0.25) is 0 Å². The second-order valence-electron chi connectivity index (χ2n) is 35.3. The summed E-state index contributed by atoms with van der Waals surface area (Å²) in [5.41, 5.74) is 9.13. The van der Waals surface area contributed by atoms with E-state index in [4.69, 9.17) is 28.4 Å². The van der Waals surface area contributed by atoms with Crippen molar-refractivity contribution in [3.63, 3.8) is 0 Å². The Kier molecular flexibility index (Phi) is 62.5. The van der Waals surface area contributed by atoms with E-state index < -0.39 is 0 Å². The Morgan fingerprint density at radius 1 is 0.137 bits per heavy atom. The van der Waals surface area contributed by atoms with E-state index in [1.165, 1.54) is 347 Å². The van der Waals surface area contributed by atoms with Crippen molar-refractivity contribution in [1.29, 1.82) is 0 Å². The highest BCUT2D eigenvalue weighted by Crippen LogP contribution is 2.42. The maximum absolute atomic E-state index is 6.71. The monoisotopic (exact) mass is 1680 g/mol. The lowest BCUT2D eigenvalue weighted by molar-refractivity contribution is 0.234. The second kappa shape index (κ2) is 74.0. The highest BCUT2D eigenvalue weighted by atomic mass is 16.5. The molecule has 0 atom stereocenters. The van der Waals surface area contributed by atoms with Crippen molar-refractivity contribution in [2.45, 2.75) is 427 Å². The van der Waals surface area contributed by atoms with Gasteiger partial charge in [0.2, 0.25) is 11.5 Å². The summed E-state index contributed by atoms with van der Waals surface area (Å²) >= 11 is 0. The van der Waals surface area contributed by atoms with Gasteiger partial charge in [-0.3, -0.25) is 0 Å². The maximum atomic E-state index is 6.71. The van der Waals surface area contributed by atoms with Crippen LogP contribution in [0.15, 0.2) is 121 Å². The first kappa shape index (κ1) is 105. The van der Waals surface area contributed by atoms with E-state index in [0.717, 1.165) is 129 Å². The van der Waals surface area contributed by atoms with Gasteiger partial charge in [0.15, 0.2) is 23.0 Å². The molecule has 6 rings (SSSR count). The fraction of sp³-hybridized carbons (Fsp3) is 0.610. The van der Waals surface area contributed by atoms with Crippen LogP contribution in [0.25, 0.3) is 0 Å². The van der Waals surface area contributed by atoms with Gasteiger partial charge in [-0.1, -0.05) is 447 Å². The van der Waals surface area contributed by atoms with Gasteiger partial charge in [0.1, 0.15) is 0 Å². The zero-order chi connectivity index (χ0) is 87.4. The van der Waals surface area contributed by atoms with Crippen molar-refractivity contribution < 1.29 is 28.4 Å². The molecule has 6 heteroatoms. The quantitative estimate of drug-likeness (QED) is 0.0280. The number of unbranched alkanes of at least 4 members (excludes halogenated alkanes) is 54. The Labute approximate surface area is 760 Å². The fourth-order valence-corrected chi connectivity index (χ4v) is 15.9. The lowest BCUT2D eigenvalue weighted by Gasteiger charge is -2.18. The molecule has 124 heavy (non-hydrogen) atoms. The molecule has 6 aromatic rings. The second-order valence-corrected chi connectivity index (χ2v) is 35.3. The van der Waals surface area contributed by atoms with Crippen molar-refractivity contribution in [3.05, 3.63) is 177 Å². The van der Waals surface area contributed by atoms with E-state index in [2.05, 4.69) is 174 Å². The van der Waals surface area contributed by atoms with Gasteiger partial charge in [-0.2, -0.15) is 0 Å². The molecule has 0 radical (unpaired) electrons. The summed E-state index contributed by atoms with van der Waals surface area (Å²) in [7, 11) is 0. The van der Waals surface area contributed by atoms with Gasteiger partial charge in [-0.05, 0) is 160 Å². The topological polar surface area (TPSA) is 55.4 Å². The summed E-state index contributed by atoms with van der Waals surface area (Å²) in [5, 5.41) is 0. The minimum absolute atomic E-state index is 0.647. The molecule has 0 aliphatic carbocycles. The Morgan fingerprint density at radius 3 is 0.387 bits per heavy atom.